The van der Waals surface area contributed by atoms with Crippen LogP contribution in [0.1, 0.15) is 29.5 Å². The molecule has 0 aliphatic heterocycles. The Hall–Kier alpha value is -1.81. The molecule has 1 N–H and O–H groups in total. The van der Waals surface area contributed by atoms with Crippen LogP contribution in [-0.2, 0) is 17.6 Å². The van der Waals surface area contributed by atoms with Gasteiger partial charge in [-0.15, -0.1) is 0 Å². The lowest BCUT2D eigenvalue weighted by atomic mass is 10.1. The van der Waals surface area contributed by atoms with Gasteiger partial charge in [0, 0.05) is 16.6 Å². The Morgan fingerprint density at radius 1 is 1.38 bits per heavy atom. The van der Waals surface area contributed by atoms with Crippen molar-refractivity contribution in [3.8, 4) is 0 Å². The third-order valence-electron chi connectivity index (χ3n) is 3.41. The summed E-state index contributed by atoms with van der Waals surface area (Å²) in [7, 11) is 0. The van der Waals surface area contributed by atoms with Crippen molar-refractivity contribution >= 4 is 17.5 Å². The fraction of sp³-hybridized carbons (Fsp3) is 0.375. The van der Waals surface area contributed by atoms with Crippen LogP contribution in [-0.4, -0.2) is 17.1 Å². The molecule has 1 atom stereocenters. The van der Waals surface area contributed by atoms with E-state index >= 15 is 0 Å². The molecule has 1 amide bonds. The third kappa shape index (κ3) is 4.08. The fourth-order valence-corrected chi connectivity index (χ4v) is 2.50. The molecule has 21 heavy (non-hydrogen) atoms. The van der Waals surface area contributed by atoms with E-state index in [4.69, 9.17) is 16.1 Å². The van der Waals surface area contributed by atoms with Gasteiger partial charge in [-0.3, -0.25) is 4.79 Å². The van der Waals surface area contributed by atoms with E-state index in [0.29, 0.717) is 12.2 Å². The zero-order valence-corrected chi connectivity index (χ0v) is 13.2. The van der Waals surface area contributed by atoms with Crippen LogP contribution in [0.5, 0.6) is 0 Å². The summed E-state index contributed by atoms with van der Waals surface area (Å²) >= 11 is 6.13. The lowest BCUT2D eigenvalue weighted by Crippen LogP contribution is -2.35. The second-order valence-corrected chi connectivity index (χ2v) is 5.65. The summed E-state index contributed by atoms with van der Waals surface area (Å²) in [4.78, 5) is 12.1. The highest BCUT2D eigenvalue weighted by atomic mass is 35.5. The van der Waals surface area contributed by atoms with Crippen LogP contribution in [0.2, 0.25) is 5.02 Å². The largest absolute Gasteiger partial charge is 0.361 e. The molecule has 0 bridgehead atoms. The van der Waals surface area contributed by atoms with Gasteiger partial charge in [0.1, 0.15) is 5.76 Å². The number of aryl methyl sites for hydroxylation is 2. The summed E-state index contributed by atoms with van der Waals surface area (Å²) in [6, 6.07) is 7.68. The smallest absolute Gasteiger partial charge is 0.224 e. The first-order chi connectivity index (χ1) is 9.97. The monoisotopic (exact) mass is 306 g/mol. The van der Waals surface area contributed by atoms with Gasteiger partial charge >= 0.3 is 0 Å². The Labute approximate surface area is 129 Å². The minimum atomic E-state index is -0.0380. The zero-order valence-electron chi connectivity index (χ0n) is 12.4. The lowest BCUT2D eigenvalue weighted by Gasteiger charge is -2.14. The quantitative estimate of drug-likeness (QED) is 0.922. The number of nitrogens with zero attached hydrogens (tertiary/aromatic N) is 1. The molecule has 0 fully saturated rings. The van der Waals surface area contributed by atoms with Gasteiger partial charge in [0.15, 0.2) is 0 Å². The van der Waals surface area contributed by atoms with Crippen molar-refractivity contribution < 1.29 is 9.32 Å². The van der Waals surface area contributed by atoms with Crippen molar-refractivity contribution in [3.63, 3.8) is 0 Å². The molecular weight excluding hydrogens is 288 g/mol. The number of hydrogen-bond donors (Lipinski definition) is 1. The molecule has 112 valence electrons. The summed E-state index contributed by atoms with van der Waals surface area (Å²) in [5.74, 6) is 0.658. The Morgan fingerprint density at radius 2 is 2.10 bits per heavy atom. The van der Waals surface area contributed by atoms with E-state index in [2.05, 4.69) is 10.5 Å². The van der Waals surface area contributed by atoms with E-state index < -0.39 is 0 Å². The standard InChI is InChI=1S/C16H19ClN2O2/c1-10(8-13-6-4-5-7-15(13)17)18-16(20)9-14-11(2)19-21-12(14)3/h4-7,10H,8-9H2,1-3H3,(H,18,20)/t10-/m0/s1. The van der Waals surface area contributed by atoms with Crippen molar-refractivity contribution in [3.05, 3.63) is 51.9 Å². The molecule has 2 rings (SSSR count). The summed E-state index contributed by atoms with van der Waals surface area (Å²) in [5, 5.41) is 7.56. The number of carbonyl (C=O) groups is 1. The van der Waals surface area contributed by atoms with Crippen molar-refractivity contribution in [2.24, 2.45) is 0 Å². The highest BCUT2D eigenvalue weighted by Gasteiger charge is 2.15. The van der Waals surface area contributed by atoms with Crippen LogP contribution < -0.4 is 5.32 Å². The van der Waals surface area contributed by atoms with E-state index in [9.17, 15) is 4.79 Å². The van der Waals surface area contributed by atoms with Crippen molar-refractivity contribution in [1.29, 1.82) is 0 Å². The number of aromatic nitrogens is 1. The highest BCUT2D eigenvalue weighted by molar-refractivity contribution is 6.31. The second kappa shape index (κ2) is 6.76. The molecule has 1 aromatic carbocycles. The molecule has 1 heterocycles. The summed E-state index contributed by atoms with van der Waals surface area (Å²) in [6.07, 6.45) is 0.987. The summed E-state index contributed by atoms with van der Waals surface area (Å²) in [5.41, 5.74) is 2.66. The number of halogens is 1. The van der Waals surface area contributed by atoms with Gasteiger partial charge < -0.3 is 9.84 Å². The van der Waals surface area contributed by atoms with Gasteiger partial charge in [0.2, 0.25) is 5.91 Å². The Bertz CT molecular complexity index is 617. The van der Waals surface area contributed by atoms with Gasteiger partial charge in [-0.05, 0) is 38.8 Å². The van der Waals surface area contributed by atoms with Crippen LogP contribution in [0.25, 0.3) is 0 Å². The van der Waals surface area contributed by atoms with Gasteiger partial charge in [-0.1, -0.05) is 35.0 Å². The number of rotatable bonds is 5. The fourth-order valence-electron chi connectivity index (χ4n) is 2.29. The molecule has 0 unspecified atom stereocenters. The molecule has 5 heteroatoms. The molecular formula is C16H19ClN2O2. The minimum Gasteiger partial charge on any atom is -0.361 e. The maximum atomic E-state index is 12.1. The molecule has 0 saturated carbocycles. The van der Waals surface area contributed by atoms with Crippen LogP contribution in [0.4, 0.5) is 0 Å². The Balaban J connectivity index is 1.92. The van der Waals surface area contributed by atoms with Crippen LogP contribution >= 0.6 is 11.6 Å². The first kappa shape index (κ1) is 15.6. The maximum absolute atomic E-state index is 12.1. The van der Waals surface area contributed by atoms with Crippen LogP contribution in [0.15, 0.2) is 28.8 Å². The van der Waals surface area contributed by atoms with E-state index in [-0.39, 0.29) is 18.4 Å². The number of benzene rings is 1. The molecule has 2 aromatic rings. The van der Waals surface area contributed by atoms with E-state index in [0.717, 1.165) is 21.8 Å². The Morgan fingerprint density at radius 3 is 2.71 bits per heavy atom. The summed E-state index contributed by atoms with van der Waals surface area (Å²) < 4.78 is 5.07. The number of hydrogen-bond acceptors (Lipinski definition) is 3. The maximum Gasteiger partial charge on any atom is 0.224 e. The predicted molar refractivity (Wildman–Crippen MR) is 82.4 cm³/mol. The molecule has 0 radical (unpaired) electrons. The number of amides is 1. The van der Waals surface area contributed by atoms with E-state index in [1.165, 1.54) is 0 Å². The second-order valence-electron chi connectivity index (χ2n) is 5.24. The van der Waals surface area contributed by atoms with Gasteiger partial charge in [0.05, 0.1) is 12.1 Å². The molecule has 1 aromatic heterocycles. The van der Waals surface area contributed by atoms with Gasteiger partial charge in [0.25, 0.3) is 0 Å². The average molecular weight is 307 g/mol. The van der Waals surface area contributed by atoms with Crippen molar-refractivity contribution in [1.82, 2.24) is 10.5 Å². The van der Waals surface area contributed by atoms with Gasteiger partial charge in [-0.25, -0.2) is 0 Å². The van der Waals surface area contributed by atoms with Crippen molar-refractivity contribution in [2.45, 2.75) is 39.7 Å². The SMILES string of the molecule is Cc1noc(C)c1CC(=O)N[C@@H](C)Cc1ccccc1Cl. The topological polar surface area (TPSA) is 55.1 Å². The van der Waals surface area contributed by atoms with Crippen LogP contribution in [0.3, 0.4) is 0 Å². The molecule has 4 nitrogen and oxygen atoms in total. The molecule has 0 saturated heterocycles. The zero-order chi connectivity index (χ0) is 15.4. The average Bonchev–Trinajstić information content (AvgIpc) is 2.73. The number of nitrogens with one attached hydrogen (secondary N) is 1. The lowest BCUT2D eigenvalue weighted by molar-refractivity contribution is -0.121. The Kier molecular flexibility index (Phi) is 5.02. The third-order valence-corrected chi connectivity index (χ3v) is 3.78. The first-order valence-electron chi connectivity index (χ1n) is 6.92. The van der Waals surface area contributed by atoms with Crippen molar-refractivity contribution in [2.75, 3.05) is 0 Å². The molecule has 0 spiro atoms. The van der Waals surface area contributed by atoms with Gasteiger partial charge in [-0.2, -0.15) is 0 Å². The normalized spacial score (nSPS) is 12.2. The van der Waals surface area contributed by atoms with Crippen LogP contribution in [0, 0.1) is 13.8 Å². The first-order valence-corrected chi connectivity index (χ1v) is 7.29. The molecule has 0 aliphatic rings. The van der Waals surface area contributed by atoms with E-state index in [1.807, 2.05) is 45.0 Å². The minimum absolute atomic E-state index is 0.0119. The van der Waals surface area contributed by atoms with E-state index in [1.54, 1.807) is 0 Å². The highest BCUT2D eigenvalue weighted by Crippen LogP contribution is 2.17. The molecule has 0 aliphatic carbocycles. The number of carbonyl (C=O) groups excluding carboxylic acids is 1. The summed E-state index contributed by atoms with van der Waals surface area (Å²) in [6.45, 7) is 5.62. The predicted octanol–water partition coefficient (Wildman–Crippen LogP) is 3.23.